The van der Waals surface area contributed by atoms with Gasteiger partial charge < -0.3 is 15.3 Å². The molecule has 1 unspecified atom stereocenters. The summed E-state index contributed by atoms with van der Waals surface area (Å²) in [7, 11) is 0. The maximum atomic E-state index is 9.28. The van der Waals surface area contributed by atoms with Gasteiger partial charge in [-0.3, -0.25) is 0 Å². The van der Waals surface area contributed by atoms with Crippen molar-refractivity contribution in [3.8, 4) is 0 Å². The zero-order valence-corrected chi connectivity index (χ0v) is 15.5. The highest BCUT2D eigenvalue weighted by Crippen LogP contribution is 2.30. The summed E-state index contributed by atoms with van der Waals surface area (Å²) in [6, 6.07) is 0.421. The third kappa shape index (κ3) is 4.41. The van der Waals surface area contributed by atoms with Gasteiger partial charge in [-0.05, 0) is 63.0 Å². The van der Waals surface area contributed by atoms with Crippen LogP contribution in [0.15, 0.2) is 6.20 Å². The van der Waals surface area contributed by atoms with E-state index in [2.05, 4.69) is 27.7 Å². The summed E-state index contributed by atoms with van der Waals surface area (Å²) in [4.78, 5) is 11.8. The number of thioether (sulfide) groups is 1. The Morgan fingerprint density at radius 1 is 1.33 bits per heavy atom. The molecule has 2 aliphatic rings. The smallest absolute Gasteiger partial charge is 0.225 e. The van der Waals surface area contributed by atoms with E-state index in [1.165, 1.54) is 36.3 Å². The second-order valence-electron chi connectivity index (χ2n) is 6.93. The quantitative estimate of drug-likeness (QED) is 0.737. The molecule has 5 nitrogen and oxygen atoms in total. The first kappa shape index (κ1) is 18.0. The first-order chi connectivity index (χ1) is 11.8. The van der Waals surface area contributed by atoms with Crippen molar-refractivity contribution < 1.29 is 5.11 Å². The van der Waals surface area contributed by atoms with Gasteiger partial charge >= 0.3 is 0 Å². The number of nitrogens with zero attached hydrogens (tertiary/aromatic N) is 3. The molecule has 0 radical (unpaired) electrons. The summed E-state index contributed by atoms with van der Waals surface area (Å²) in [5, 5.41) is 13.0. The lowest BCUT2D eigenvalue weighted by Crippen LogP contribution is -2.36. The summed E-state index contributed by atoms with van der Waals surface area (Å²) < 4.78 is 0. The van der Waals surface area contributed by atoms with Crippen LogP contribution in [-0.2, 0) is 6.42 Å². The number of piperidine rings is 1. The Morgan fingerprint density at radius 2 is 2.17 bits per heavy atom. The Balaban J connectivity index is 1.62. The number of rotatable bonds is 7. The Morgan fingerprint density at radius 3 is 2.92 bits per heavy atom. The van der Waals surface area contributed by atoms with Gasteiger partial charge in [0.2, 0.25) is 5.95 Å². The molecule has 0 bridgehead atoms. The zero-order valence-electron chi connectivity index (χ0n) is 14.7. The van der Waals surface area contributed by atoms with Crippen LogP contribution in [0.2, 0.25) is 0 Å². The van der Waals surface area contributed by atoms with E-state index in [-0.39, 0.29) is 0 Å². The van der Waals surface area contributed by atoms with Gasteiger partial charge in [-0.15, -0.1) is 0 Å². The minimum atomic E-state index is 0.308. The lowest BCUT2D eigenvalue weighted by molar-refractivity contribution is 0.202. The molecule has 3 rings (SSSR count). The van der Waals surface area contributed by atoms with Crippen molar-refractivity contribution in [2.75, 3.05) is 43.1 Å². The molecular formula is C18H30N4OS. The summed E-state index contributed by atoms with van der Waals surface area (Å²) >= 11 is 1.91. The summed E-state index contributed by atoms with van der Waals surface area (Å²) in [5.41, 5.74) is 2.54. The molecule has 134 valence electrons. The number of fused-ring (bicyclic) bond motifs is 1. The molecule has 6 heteroatoms. The third-order valence-corrected chi connectivity index (χ3v) is 5.94. The van der Waals surface area contributed by atoms with E-state index in [4.69, 9.17) is 4.98 Å². The molecule has 24 heavy (non-hydrogen) atoms. The van der Waals surface area contributed by atoms with Gasteiger partial charge in [-0.25, -0.2) is 9.97 Å². The predicted molar refractivity (Wildman–Crippen MR) is 101 cm³/mol. The van der Waals surface area contributed by atoms with Crippen LogP contribution in [0.3, 0.4) is 0 Å². The minimum Gasteiger partial charge on any atom is -0.396 e. The van der Waals surface area contributed by atoms with Crippen LogP contribution in [0.25, 0.3) is 0 Å². The van der Waals surface area contributed by atoms with Crippen molar-refractivity contribution in [1.82, 2.24) is 15.3 Å². The largest absolute Gasteiger partial charge is 0.396 e. The molecule has 1 aromatic rings. The first-order valence-corrected chi connectivity index (χ1v) is 10.6. The van der Waals surface area contributed by atoms with E-state index in [0.717, 1.165) is 44.8 Å². The van der Waals surface area contributed by atoms with Crippen LogP contribution in [0, 0.1) is 5.92 Å². The number of hydrogen-bond acceptors (Lipinski definition) is 6. The van der Waals surface area contributed by atoms with Crippen LogP contribution < -0.4 is 10.2 Å². The molecule has 0 amide bonds. The third-order valence-electron chi connectivity index (χ3n) is 5.24. The highest BCUT2D eigenvalue weighted by molar-refractivity contribution is 7.98. The van der Waals surface area contributed by atoms with E-state index in [9.17, 15) is 5.11 Å². The molecule has 1 aromatic heterocycles. The van der Waals surface area contributed by atoms with Crippen molar-refractivity contribution >= 4 is 17.7 Å². The number of aryl methyl sites for hydroxylation is 1. The highest BCUT2D eigenvalue weighted by atomic mass is 32.2. The van der Waals surface area contributed by atoms with E-state index in [1.54, 1.807) is 0 Å². The highest BCUT2D eigenvalue weighted by Gasteiger charge is 2.25. The van der Waals surface area contributed by atoms with E-state index >= 15 is 0 Å². The van der Waals surface area contributed by atoms with Crippen molar-refractivity contribution in [2.24, 2.45) is 5.92 Å². The van der Waals surface area contributed by atoms with Crippen molar-refractivity contribution in [1.29, 1.82) is 0 Å². The second-order valence-corrected chi connectivity index (χ2v) is 7.92. The van der Waals surface area contributed by atoms with Gasteiger partial charge in [0.25, 0.3) is 0 Å². The van der Waals surface area contributed by atoms with Crippen LogP contribution in [-0.4, -0.2) is 53.3 Å². The molecule has 0 spiro atoms. The van der Waals surface area contributed by atoms with Gasteiger partial charge in [0.1, 0.15) is 0 Å². The Kier molecular flexibility index (Phi) is 6.75. The van der Waals surface area contributed by atoms with Crippen molar-refractivity contribution in [2.45, 2.75) is 44.6 Å². The molecule has 0 aromatic carbocycles. The van der Waals surface area contributed by atoms with Gasteiger partial charge in [0.15, 0.2) is 0 Å². The number of aromatic nitrogens is 2. The minimum absolute atomic E-state index is 0.308. The molecule has 1 fully saturated rings. The van der Waals surface area contributed by atoms with Crippen molar-refractivity contribution in [3.05, 3.63) is 17.5 Å². The molecule has 1 atom stereocenters. The Hall–Kier alpha value is -0.850. The van der Waals surface area contributed by atoms with Crippen LogP contribution in [0.1, 0.15) is 49.4 Å². The average molecular weight is 351 g/mol. The maximum Gasteiger partial charge on any atom is 0.225 e. The molecule has 1 saturated heterocycles. The monoisotopic (exact) mass is 350 g/mol. The van der Waals surface area contributed by atoms with Crippen LogP contribution >= 0.6 is 11.8 Å². The lowest BCUT2D eigenvalue weighted by Gasteiger charge is -2.32. The summed E-state index contributed by atoms with van der Waals surface area (Å²) in [6.07, 6.45) is 11.0. The van der Waals surface area contributed by atoms with Crippen LogP contribution in [0.4, 0.5) is 5.95 Å². The van der Waals surface area contributed by atoms with Gasteiger partial charge in [-0.2, -0.15) is 11.8 Å². The molecule has 0 saturated carbocycles. The zero-order chi connectivity index (χ0) is 16.8. The molecule has 1 aliphatic carbocycles. The van der Waals surface area contributed by atoms with Gasteiger partial charge in [0, 0.05) is 37.5 Å². The molecule has 1 aliphatic heterocycles. The molecular weight excluding hydrogens is 320 g/mol. The van der Waals surface area contributed by atoms with Crippen LogP contribution in [0.5, 0.6) is 0 Å². The SMILES string of the molecule is CSCCCNC1CCCc2nc(N3CCC(CO)CC3)ncc21. The first-order valence-electron chi connectivity index (χ1n) is 9.25. The standard InChI is InChI=1S/C18H30N4OS/c1-24-11-3-8-19-16-4-2-5-17-15(16)12-20-18(21-17)22-9-6-14(13-23)7-10-22/h12,14,16,19,23H,2-11,13H2,1H3. The number of aliphatic hydroxyl groups is 1. The second kappa shape index (κ2) is 9.02. The Labute approximate surface area is 149 Å². The van der Waals surface area contributed by atoms with E-state index in [0.29, 0.717) is 18.6 Å². The van der Waals surface area contributed by atoms with Crippen molar-refractivity contribution in [3.63, 3.8) is 0 Å². The normalized spacial score (nSPS) is 21.8. The van der Waals surface area contributed by atoms with Gasteiger partial charge in [0.05, 0.1) is 5.69 Å². The summed E-state index contributed by atoms with van der Waals surface area (Å²) in [5.74, 6) is 2.55. The molecule has 2 heterocycles. The number of nitrogens with one attached hydrogen (secondary N) is 1. The predicted octanol–water partition coefficient (Wildman–Crippen LogP) is 2.41. The maximum absolute atomic E-state index is 9.28. The number of anilines is 1. The fourth-order valence-corrected chi connectivity index (χ4v) is 4.14. The fraction of sp³-hybridized carbons (Fsp3) is 0.778. The van der Waals surface area contributed by atoms with Gasteiger partial charge in [-0.1, -0.05) is 0 Å². The van der Waals surface area contributed by atoms with E-state index in [1.807, 2.05) is 11.8 Å². The number of aliphatic hydroxyl groups excluding tert-OH is 1. The fourth-order valence-electron chi connectivity index (χ4n) is 3.71. The lowest BCUT2D eigenvalue weighted by atomic mass is 9.92. The molecule has 2 N–H and O–H groups in total. The van der Waals surface area contributed by atoms with E-state index < -0.39 is 0 Å². The summed E-state index contributed by atoms with van der Waals surface area (Å²) in [6.45, 7) is 3.30. The average Bonchev–Trinajstić information content (AvgIpc) is 2.65. The number of hydrogen-bond donors (Lipinski definition) is 2. The Bertz CT molecular complexity index is 520. The topological polar surface area (TPSA) is 61.3 Å².